The second-order valence-corrected chi connectivity index (χ2v) is 7.21. The summed E-state index contributed by atoms with van der Waals surface area (Å²) in [6.45, 7) is 2.28. The predicted octanol–water partition coefficient (Wildman–Crippen LogP) is 3.59. The average Bonchev–Trinajstić information content (AvgIpc) is 2.74. The Morgan fingerprint density at radius 3 is 2.57 bits per heavy atom. The molecule has 0 fully saturated rings. The Kier molecular flexibility index (Phi) is 6.87. The van der Waals surface area contributed by atoms with Crippen molar-refractivity contribution in [2.24, 2.45) is 0 Å². The number of hydrogen-bond acceptors (Lipinski definition) is 4. The Balaban J connectivity index is 1.77. The van der Waals surface area contributed by atoms with Gasteiger partial charge in [0.15, 0.2) is 5.69 Å². The normalized spacial score (nSPS) is 11.0. The molecule has 0 radical (unpaired) electrons. The van der Waals surface area contributed by atoms with Gasteiger partial charge in [-0.05, 0) is 42.3 Å². The zero-order valence-electron chi connectivity index (χ0n) is 16.0. The van der Waals surface area contributed by atoms with Crippen LogP contribution in [0.25, 0.3) is 16.8 Å². The molecular formula is C21H18Cl2N4O3. The van der Waals surface area contributed by atoms with E-state index in [1.165, 1.54) is 16.8 Å². The Hall–Kier alpha value is -3.16. The first-order valence-corrected chi connectivity index (χ1v) is 9.89. The van der Waals surface area contributed by atoms with Crippen molar-refractivity contribution in [3.63, 3.8) is 0 Å². The molecule has 2 N–H and O–H groups in total. The summed E-state index contributed by atoms with van der Waals surface area (Å²) in [4.78, 5) is 37.2. The van der Waals surface area contributed by atoms with Crippen LogP contribution in [0.5, 0.6) is 0 Å². The lowest BCUT2D eigenvalue weighted by atomic mass is 10.1. The molecule has 3 aromatic rings. The van der Waals surface area contributed by atoms with Crippen molar-refractivity contribution in [1.82, 2.24) is 20.6 Å². The third-order valence-corrected chi connectivity index (χ3v) is 4.77. The molecule has 9 heteroatoms. The molecule has 1 aromatic heterocycles. The van der Waals surface area contributed by atoms with Crippen LogP contribution in [0.4, 0.5) is 0 Å². The summed E-state index contributed by atoms with van der Waals surface area (Å²) in [5.74, 6) is -1.22. The highest BCUT2D eigenvalue weighted by molar-refractivity contribution is 6.34. The highest BCUT2D eigenvalue weighted by atomic mass is 35.5. The lowest BCUT2D eigenvalue weighted by molar-refractivity contribution is -0.117. The van der Waals surface area contributed by atoms with E-state index in [0.29, 0.717) is 39.3 Å². The van der Waals surface area contributed by atoms with Gasteiger partial charge in [0, 0.05) is 28.1 Å². The molecule has 0 aliphatic rings. The van der Waals surface area contributed by atoms with Crippen molar-refractivity contribution in [2.75, 3.05) is 0 Å². The lowest BCUT2D eigenvalue weighted by Crippen LogP contribution is -2.42. The van der Waals surface area contributed by atoms with Crippen LogP contribution < -0.4 is 16.4 Å². The summed E-state index contributed by atoms with van der Waals surface area (Å²) in [6, 6.07) is 11.6. The fraction of sp³-hybridized carbons (Fsp3) is 0.143. The minimum Gasteiger partial charge on any atom is -0.268 e. The molecule has 2 amide bonds. The number of nitrogens with one attached hydrogen (secondary N) is 2. The summed E-state index contributed by atoms with van der Waals surface area (Å²) in [7, 11) is 0. The van der Waals surface area contributed by atoms with Gasteiger partial charge in [0.05, 0.1) is 5.39 Å². The molecule has 30 heavy (non-hydrogen) atoms. The van der Waals surface area contributed by atoms with Crippen molar-refractivity contribution in [1.29, 1.82) is 0 Å². The van der Waals surface area contributed by atoms with Crippen LogP contribution in [-0.4, -0.2) is 21.6 Å². The van der Waals surface area contributed by atoms with Crippen LogP contribution in [0.3, 0.4) is 0 Å². The molecule has 3 rings (SSSR count). The molecule has 7 nitrogen and oxygen atoms in total. The fourth-order valence-electron chi connectivity index (χ4n) is 2.79. The van der Waals surface area contributed by atoms with Crippen LogP contribution in [-0.2, 0) is 11.3 Å². The van der Waals surface area contributed by atoms with Gasteiger partial charge in [-0.15, -0.1) is 0 Å². The van der Waals surface area contributed by atoms with E-state index in [1.807, 2.05) is 6.92 Å². The maximum absolute atomic E-state index is 12.6. The van der Waals surface area contributed by atoms with E-state index in [1.54, 1.807) is 42.5 Å². The number of nitrogens with zero attached hydrogens (tertiary/aromatic N) is 2. The molecule has 0 saturated carbocycles. The van der Waals surface area contributed by atoms with E-state index in [-0.39, 0.29) is 11.3 Å². The molecule has 0 spiro atoms. The van der Waals surface area contributed by atoms with Crippen molar-refractivity contribution in [3.05, 3.63) is 80.2 Å². The summed E-state index contributed by atoms with van der Waals surface area (Å²) < 4.78 is 1.25. The number of hydrogen-bond donors (Lipinski definition) is 2. The second kappa shape index (κ2) is 9.56. The highest BCUT2D eigenvalue weighted by Crippen LogP contribution is 2.21. The lowest BCUT2D eigenvalue weighted by Gasteiger charge is -2.10. The molecule has 0 aliphatic heterocycles. The minimum absolute atomic E-state index is 0.0424. The SMILES string of the molecule is CCCn1nc(C(=O)NNC(=O)/C=C/c2cc(Cl)ccc2Cl)c2ccccc2c1=O. The average molecular weight is 445 g/mol. The number of amides is 2. The van der Waals surface area contributed by atoms with Gasteiger partial charge in [0.1, 0.15) is 0 Å². The minimum atomic E-state index is -0.640. The van der Waals surface area contributed by atoms with Crippen molar-refractivity contribution in [2.45, 2.75) is 19.9 Å². The highest BCUT2D eigenvalue weighted by Gasteiger charge is 2.16. The quantitative estimate of drug-likeness (QED) is 0.464. The second-order valence-electron chi connectivity index (χ2n) is 6.37. The van der Waals surface area contributed by atoms with E-state index in [2.05, 4.69) is 16.0 Å². The Labute approximate surface area is 182 Å². The smallest absolute Gasteiger partial charge is 0.268 e. The Morgan fingerprint density at radius 1 is 1.10 bits per heavy atom. The first-order valence-electron chi connectivity index (χ1n) is 9.14. The summed E-state index contributed by atoms with van der Waals surface area (Å²) >= 11 is 12.0. The van der Waals surface area contributed by atoms with Crippen LogP contribution in [0.1, 0.15) is 29.4 Å². The number of rotatable bonds is 5. The summed E-state index contributed by atoms with van der Waals surface area (Å²) in [6.07, 6.45) is 3.37. The van der Waals surface area contributed by atoms with Gasteiger partial charge in [0.2, 0.25) is 0 Å². The van der Waals surface area contributed by atoms with E-state index >= 15 is 0 Å². The zero-order chi connectivity index (χ0) is 21.7. The largest absolute Gasteiger partial charge is 0.290 e. The predicted molar refractivity (Wildman–Crippen MR) is 117 cm³/mol. The number of aryl methyl sites for hydroxylation is 1. The number of carbonyl (C=O) groups is 2. The van der Waals surface area contributed by atoms with Crippen molar-refractivity contribution >= 4 is 51.9 Å². The first-order chi connectivity index (χ1) is 14.4. The maximum atomic E-state index is 12.6. The van der Waals surface area contributed by atoms with Crippen LogP contribution in [0.2, 0.25) is 10.0 Å². The molecule has 0 aliphatic carbocycles. The molecule has 0 atom stereocenters. The standard InChI is InChI=1S/C21H18Cl2N4O3/c1-2-11-27-21(30)16-6-4-3-5-15(16)19(26-27)20(29)25-24-18(28)10-7-13-12-14(22)8-9-17(13)23/h3-10,12H,2,11H2,1H3,(H,24,28)(H,25,29)/b10-7+. The third-order valence-electron chi connectivity index (χ3n) is 4.19. The van der Waals surface area contributed by atoms with Gasteiger partial charge in [-0.2, -0.15) is 5.10 Å². The van der Waals surface area contributed by atoms with Gasteiger partial charge in [-0.1, -0.05) is 48.3 Å². The number of fused-ring (bicyclic) bond motifs is 1. The van der Waals surface area contributed by atoms with Crippen LogP contribution in [0.15, 0.2) is 53.3 Å². The first kappa shape index (κ1) is 21.5. The molecule has 0 saturated heterocycles. The number of hydrazine groups is 1. The molecule has 154 valence electrons. The number of halogens is 2. The number of benzene rings is 2. The van der Waals surface area contributed by atoms with Gasteiger partial charge in [0.25, 0.3) is 17.4 Å². The van der Waals surface area contributed by atoms with Crippen molar-refractivity contribution in [3.8, 4) is 0 Å². The number of carbonyl (C=O) groups excluding carboxylic acids is 2. The van der Waals surface area contributed by atoms with Crippen LogP contribution in [0, 0.1) is 0 Å². The molecule has 0 unspecified atom stereocenters. The van der Waals surface area contributed by atoms with Gasteiger partial charge < -0.3 is 0 Å². The Morgan fingerprint density at radius 2 is 1.83 bits per heavy atom. The monoisotopic (exact) mass is 444 g/mol. The topological polar surface area (TPSA) is 93.1 Å². The van der Waals surface area contributed by atoms with Gasteiger partial charge in [-0.3, -0.25) is 25.2 Å². The Bertz CT molecular complexity index is 1200. The molecule has 2 aromatic carbocycles. The van der Waals surface area contributed by atoms with E-state index in [9.17, 15) is 14.4 Å². The van der Waals surface area contributed by atoms with Gasteiger partial charge in [-0.25, -0.2) is 4.68 Å². The van der Waals surface area contributed by atoms with Crippen LogP contribution >= 0.6 is 23.2 Å². The molecule has 1 heterocycles. The van der Waals surface area contributed by atoms with E-state index in [4.69, 9.17) is 23.2 Å². The summed E-state index contributed by atoms with van der Waals surface area (Å²) in [5, 5.41) is 5.87. The third kappa shape index (κ3) is 4.87. The van der Waals surface area contributed by atoms with Gasteiger partial charge >= 0.3 is 0 Å². The van der Waals surface area contributed by atoms with Crippen molar-refractivity contribution < 1.29 is 9.59 Å². The van der Waals surface area contributed by atoms with E-state index in [0.717, 1.165) is 0 Å². The fourth-order valence-corrected chi connectivity index (χ4v) is 3.15. The maximum Gasteiger partial charge on any atom is 0.290 e. The molecular weight excluding hydrogens is 427 g/mol. The molecule has 0 bridgehead atoms. The summed E-state index contributed by atoms with van der Waals surface area (Å²) in [5.41, 5.74) is 4.94. The van der Waals surface area contributed by atoms with E-state index < -0.39 is 11.8 Å². The zero-order valence-corrected chi connectivity index (χ0v) is 17.5. The number of aromatic nitrogens is 2.